The molecule has 0 rings (SSSR count). The van der Waals surface area contributed by atoms with Crippen molar-refractivity contribution in [2.75, 3.05) is 7.05 Å². The molecule has 0 aliphatic heterocycles. The molecule has 0 fully saturated rings. The zero-order valence-corrected chi connectivity index (χ0v) is 14.9. The van der Waals surface area contributed by atoms with Crippen LogP contribution in [0.4, 0.5) is 4.79 Å². The van der Waals surface area contributed by atoms with E-state index in [-0.39, 0.29) is 0 Å². The molecular formula is C17H33NO4. The minimum atomic E-state index is -0.973. The Hall–Kier alpha value is -1.26. The number of aliphatic carboxylic acids is 1. The molecule has 0 aromatic heterocycles. The summed E-state index contributed by atoms with van der Waals surface area (Å²) in [6.45, 7) is 7.49. The molecule has 0 radical (unpaired) electrons. The summed E-state index contributed by atoms with van der Waals surface area (Å²) in [5, 5.41) is 9.31. The predicted octanol–water partition coefficient (Wildman–Crippen LogP) is 4.45. The average Bonchev–Trinajstić information content (AvgIpc) is 2.39. The number of carbonyl (C=O) groups is 2. The molecule has 22 heavy (non-hydrogen) atoms. The molecule has 0 aliphatic rings. The Morgan fingerprint density at radius 3 is 2.00 bits per heavy atom. The van der Waals surface area contributed by atoms with Crippen LogP contribution in [0.25, 0.3) is 0 Å². The van der Waals surface area contributed by atoms with Gasteiger partial charge < -0.3 is 9.84 Å². The van der Waals surface area contributed by atoms with Gasteiger partial charge in [-0.25, -0.2) is 9.59 Å². The van der Waals surface area contributed by atoms with Crippen LogP contribution in [0.3, 0.4) is 0 Å². The monoisotopic (exact) mass is 315 g/mol. The van der Waals surface area contributed by atoms with Crippen LogP contribution in [0, 0.1) is 0 Å². The molecule has 0 saturated heterocycles. The van der Waals surface area contributed by atoms with Crippen LogP contribution in [-0.4, -0.2) is 40.8 Å². The van der Waals surface area contributed by atoms with Crippen molar-refractivity contribution in [2.24, 2.45) is 0 Å². The maximum absolute atomic E-state index is 12.0. The highest BCUT2D eigenvalue weighted by Crippen LogP contribution is 2.15. The summed E-state index contributed by atoms with van der Waals surface area (Å²) in [5.41, 5.74) is -0.617. The largest absolute Gasteiger partial charge is 0.480 e. The number of likely N-dealkylation sites (N-methyl/N-ethyl adjacent to an activating group) is 1. The molecule has 130 valence electrons. The topological polar surface area (TPSA) is 66.8 Å². The number of amides is 1. The van der Waals surface area contributed by atoms with E-state index in [1.54, 1.807) is 20.8 Å². The van der Waals surface area contributed by atoms with Crippen LogP contribution in [-0.2, 0) is 9.53 Å². The quantitative estimate of drug-likeness (QED) is 0.605. The predicted molar refractivity (Wildman–Crippen MR) is 88.0 cm³/mol. The van der Waals surface area contributed by atoms with Gasteiger partial charge in [0.2, 0.25) is 0 Å². The molecule has 1 amide bonds. The third-order valence-corrected chi connectivity index (χ3v) is 3.52. The molecule has 0 aromatic rings. The molecule has 0 saturated carbocycles. The van der Waals surface area contributed by atoms with Gasteiger partial charge in [0, 0.05) is 7.05 Å². The van der Waals surface area contributed by atoms with Gasteiger partial charge in [-0.3, -0.25) is 4.90 Å². The van der Waals surface area contributed by atoms with Gasteiger partial charge in [0.25, 0.3) is 0 Å². The molecule has 0 spiro atoms. The van der Waals surface area contributed by atoms with E-state index in [0.717, 1.165) is 19.3 Å². The van der Waals surface area contributed by atoms with E-state index < -0.39 is 23.7 Å². The zero-order chi connectivity index (χ0) is 17.2. The van der Waals surface area contributed by atoms with Crippen molar-refractivity contribution in [3.05, 3.63) is 0 Å². The highest BCUT2D eigenvalue weighted by Gasteiger charge is 2.29. The van der Waals surface area contributed by atoms with Crippen molar-refractivity contribution in [1.82, 2.24) is 4.90 Å². The maximum Gasteiger partial charge on any atom is 0.410 e. The number of carboxylic acids is 1. The molecule has 0 aromatic carbocycles. The van der Waals surface area contributed by atoms with Gasteiger partial charge in [0.1, 0.15) is 11.6 Å². The normalized spacial score (nSPS) is 12.8. The number of ether oxygens (including phenoxy) is 1. The molecule has 0 unspecified atom stereocenters. The second kappa shape index (κ2) is 10.5. The molecule has 0 heterocycles. The summed E-state index contributed by atoms with van der Waals surface area (Å²) in [4.78, 5) is 24.5. The van der Waals surface area contributed by atoms with E-state index in [2.05, 4.69) is 6.92 Å². The van der Waals surface area contributed by atoms with E-state index in [1.165, 1.54) is 37.6 Å². The summed E-state index contributed by atoms with van der Waals surface area (Å²) >= 11 is 0. The minimum Gasteiger partial charge on any atom is -0.480 e. The van der Waals surface area contributed by atoms with Crippen LogP contribution < -0.4 is 0 Å². The number of unbranched alkanes of at least 4 members (excludes halogenated alkanes) is 6. The van der Waals surface area contributed by atoms with Gasteiger partial charge in [-0.2, -0.15) is 0 Å². The fourth-order valence-corrected chi connectivity index (χ4v) is 2.24. The first-order valence-electron chi connectivity index (χ1n) is 8.37. The van der Waals surface area contributed by atoms with Gasteiger partial charge in [-0.1, -0.05) is 51.9 Å². The molecular weight excluding hydrogens is 282 g/mol. The van der Waals surface area contributed by atoms with Crippen LogP contribution in [0.1, 0.15) is 79.1 Å². The van der Waals surface area contributed by atoms with Crippen LogP contribution >= 0.6 is 0 Å². The maximum atomic E-state index is 12.0. The van der Waals surface area contributed by atoms with E-state index in [9.17, 15) is 14.7 Å². The lowest BCUT2D eigenvalue weighted by molar-refractivity contribution is -0.143. The highest BCUT2D eigenvalue weighted by molar-refractivity contribution is 5.79. The minimum absolute atomic E-state index is 0.471. The van der Waals surface area contributed by atoms with E-state index in [4.69, 9.17) is 4.74 Å². The van der Waals surface area contributed by atoms with E-state index >= 15 is 0 Å². The number of nitrogens with zero attached hydrogens (tertiary/aromatic N) is 1. The third kappa shape index (κ3) is 9.64. The summed E-state index contributed by atoms with van der Waals surface area (Å²) in [6, 6.07) is -0.814. The smallest absolute Gasteiger partial charge is 0.410 e. The Balaban J connectivity index is 4.20. The average molecular weight is 315 g/mol. The Morgan fingerprint density at radius 2 is 1.55 bits per heavy atom. The Morgan fingerprint density at radius 1 is 1.05 bits per heavy atom. The van der Waals surface area contributed by atoms with E-state index in [0.29, 0.717) is 6.42 Å². The zero-order valence-electron chi connectivity index (χ0n) is 14.9. The number of carboxylic acid groups (broad SMARTS) is 1. The summed E-state index contributed by atoms with van der Waals surface area (Å²) in [6.07, 6.45) is 7.78. The summed E-state index contributed by atoms with van der Waals surface area (Å²) in [5.74, 6) is -0.973. The first-order valence-corrected chi connectivity index (χ1v) is 8.37. The molecule has 1 atom stereocenters. The number of hydrogen-bond donors (Lipinski definition) is 1. The Bertz CT molecular complexity index is 336. The van der Waals surface area contributed by atoms with Gasteiger partial charge >= 0.3 is 12.1 Å². The number of carbonyl (C=O) groups excluding carboxylic acids is 1. The number of rotatable bonds is 10. The van der Waals surface area contributed by atoms with Gasteiger partial charge in [0.05, 0.1) is 0 Å². The summed E-state index contributed by atoms with van der Waals surface area (Å²) in [7, 11) is 1.49. The van der Waals surface area contributed by atoms with Crippen LogP contribution in [0.15, 0.2) is 0 Å². The number of hydrogen-bond acceptors (Lipinski definition) is 3. The SMILES string of the molecule is CCCCCCCCC[C@H](C(=O)O)N(C)C(=O)OC(C)(C)C. The first kappa shape index (κ1) is 20.7. The fourth-order valence-electron chi connectivity index (χ4n) is 2.24. The van der Waals surface area contributed by atoms with Gasteiger partial charge in [-0.15, -0.1) is 0 Å². The Labute approximate surface area is 135 Å². The second-order valence-electron chi connectivity index (χ2n) is 6.86. The molecule has 0 bridgehead atoms. The van der Waals surface area contributed by atoms with Crippen LogP contribution in [0.5, 0.6) is 0 Å². The lowest BCUT2D eigenvalue weighted by Gasteiger charge is -2.28. The van der Waals surface area contributed by atoms with Crippen molar-refractivity contribution in [2.45, 2.75) is 90.7 Å². The first-order chi connectivity index (χ1) is 10.2. The molecule has 5 heteroatoms. The van der Waals surface area contributed by atoms with Gasteiger partial charge in [0.15, 0.2) is 0 Å². The highest BCUT2D eigenvalue weighted by atomic mass is 16.6. The Kier molecular flexibility index (Phi) is 9.86. The van der Waals surface area contributed by atoms with Crippen molar-refractivity contribution < 1.29 is 19.4 Å². The van der Waals surface area contributed by atoms with Crippen molar-refractivity contribution in [3.8, 4) is 0 Å². The van der Waals surface area contributed by atoms with Crippen molar-refractivity contribution in [1.29, 1.82) is 0 Å². The van der Waals surface area contributed by atoms with Crippen molar-refractivity contribution in [3.63, 3.8) is 0 Å². The van der Waals surface area contributed by atoms with Crippen molar-refractivity contribution >= 4 is 12.1 Å². The molecule has 5 nitrogen and oxygen atoms in total. The second-order valence-corrected chi connectivity index (χ2v) is 6.86. The lowest BCUT2D eigenvalue weighted by atomic mass is 10.0. The van der Waals surface area contributed by atoms with E-state index in [1.807, 2.05) is 0 Å². The molecule has 0 aliphatic carbocycles. The van der Waals surface area contributed by atoms with Crippen LogP contribution in [0.2, 0.25) is 0 Å². The third-order valence-electron chi connectivity index (χ3n) is 3.52. The standard InChI is InChI=1S/C17H33NO4/c1-6-7-8-9-10-11-12-13-14(15(19)20)18(5)16(21)22-17(2,3)4/h14H,6-13H2,1-5H3,(H,19,20)/t14-/m1/s1. The lowest BCUT2D eigenvalue weighted by Crippen LogP contribution is -2.44. The molecule has 1 N–H and O–H groups in total. The fraction of sp³-hybridized carbons (Fsp3) is 0.882. The van der Waals surface area contributed by atoms with Gasteiger partial charge in [-0.05, 0) is 27.2 Å². The summed E-state index contributed by atoms with van der Waals surface area (Å²) < 4.78 is 5.23.